The third-order valence-electron chi connectivity index (χ3n) is 4.04. The molecule has 0 fully saturated rings. The highest BCUT2D eigenvalue weighted by atomic mass is 32.2. The number of carbonyl (C=O) groups excluding carboxylic acids is 1. The summed E-state index contributed by atoms with van der Waals surface area (Å²) in [5.74, 6) is 1.79. The van der Waals surface area contributed by atoms with E-state index in [1.165, 1.54) is 6.33 Å². The molecular weight excluding hydrogens is 338 g/mol. The number of nitrogens with one attached hydrogen (secondary N) is 1. The first-order chi connectivity index (χ1) is 12.2. The number of benzene rings is 1. The predicted molar refractivity (Wildman–Crippen MR) is 97.0 cm³/mol. The maximum absolute atomic E-state index is 12.4. The van der Waals surface area contributed by atoms with Crippen LogP contribution >= 0.6 is 11.8 Å². The number of hydrogen-bond donors (Lipinski definition) is 1. The Hall–Kier alpha value is -2.42. The lowest BCUT2D eigenvalue weighted by molar-refractivity contribution is -0.122. The second-order valence-electron chi connectivity index (χ2n) is 5.74. The lowest BCUT2D eigenvalue weighted by Gasteiger charge is -2.18. The zero-order valence-corrected chi connectivity index (χ0v) is 15.1. The molecule has 0 aliphatic heterocycles. The molecule has 132 valence electrons. The maximum atomic E-state index is 12.4. The number of amides is 1. The van der Waals surface area contributed by atoms with Crippen LogP contribution in [0.1, 0.15) is 24.7 Å². The van der Waals surface area contributed by atoms with Crippen molar-refractivity contribution in [2.24, 2.45) is 7.05 Å². The van der Waals surface area contributed by atoms with Crippen LogP contribution in [0, 0.1) is 0 Å². The van der Waals surface area contributed by atoms with Gasteiger partial charge in [-0.05, 0) is 41.0 Å². The highest BCUT2D eigenvalue weighted by Crippen LogP contribution is 2.22. The van der Waals surface area contributed by atoms with Gasteiger partial charge in [0.25, 0.3) is 0 Å². The van der Waals surface area contributed by atoms with Crippen LogP contribution in [0.25, 0.3) is 11.0 Å². The molecule has 0 bridgehead atoms. The van der Waals surface area contributed by atoms with Crippen molar-refractivity contribution in [2.45, 2.75) is 25.4 Å². The fraction of sp³-hybridized carbons (Fsp3) is 0.438. The molecule has 0 radical (unpaired) electrons. The molecule has 25 heavy (non-hydrogen) atoms. The van der Waals surface area contributed by atoms with Gasteiger partial charge in [-0.15, -0.1) is 5.10 Å². The molecule has 1 atom stereocenters. The number of rotatable bonds is 8. The van der Waals surface area contributed by atoms with Gasteiger partial charge in [0.15, 0.2) is 0 Å². The van der Waals surface area contributed by atoms with Crippen molar-refractivity contribution in [3.63, 3.8) is 0 Å². The monoisotopic (exact) mass is 359 g/mol. The Labute approximate surface area is 150 Å². The topological polar surface area (TPSA) is 90.5 Å². The van der Waals surface area contributed by atoms with E-state index in [9.17, 15) is 4.79 Å². The second kappa shape index (κ2) is 8.11. The number of thioether (sulfide) groups is 1. The van der Waals surface area contributed by atoms with Gasteiger partial charge in [0.2, 0.25) is 5.91 Å². The van der Waals surface area contributed by atoms with Gasteiger partial charge in [-0.1, -0.05) is 12.1 Å². The molecule has 1 aromatic carbocycles. The molecule has 0 aliphatic carbocycles. The Morgan fingerprint density at radius 2 is 2.20 bits per heavy atom. The van der Waals surface area contributed by atoms with Gasteiger partial charge in [-0.3, -0.25) is 4.79 Å². The minimum absolute atomic E-state index is 0.0336. The van der Waals surface area contributed by atoms with E-state index in [1.807, 2.05) is 31.3 Å². The molecule has 3 aromatic rings. The molecule has 1 amide bonds. The SMILES string of the molecule is CSCCC(NC(=O)CCn1cnnn1)c1nc2ccccc2n1C. The summed E-state index contributed by atoms with van der Waals surface area (Å²) >= 11 is 1.76. The minimum atomic E-state index is -0.119. The zero-order valence-electron chi connectivity index (χ0n) is 14.3. The number of para-hydroxylation sites is 2. The van der Waals surface area contributed by atoms with E-state index in [2.05, 4.69) is 31.7 Å². The standard InChI is InChI=1S/C16H21N7OS/c1-22-14-6-4-3-5-12(14)19-16(22)13(8-10-25-2)18-15(24)7-9-23-11-17-20-21-23/h3-6,11,13H,7-10H2,1-2H3,(H,18,24). The van der Waals surface area contributed by atoms with Gasteiger partial charge >= 0.3 is 0 Å². The first-order valence-electron chi connectivity index (χ1n) is 8.09. The van der Waals surface area contributed by atoms with Crippen molar-refractivity contribution in [2.75, 3.05) is 12.0 Å². The van der Waals surface area contributed by atoms with Gasteiger partial charge in [0, 0.05) is 13.5 Å². The van der Waals surface area contributed by atoms with Crippen LogP contribution in [0.5, 0.6) is 0 Å². The summed E-state index contributed by atoms with van der Waals surface area (Å²) in [4.78, 5) is 17.1. The summed E-state index contributed by atoms with van der Waals surface area (Å²) in [5.41, 5.74) is 2.01. The van der Waals surface area contributed by atoms with Crippen LogP contribution in [0.3, 0.4) is 0 Å². The number of carbonyl (C=O) groups is 1. The van der Waals surface area contributed by atoms with Crippen molar-refractivity contribution >= 4 is 28.7 Å². The van der Waals surface area contributed by atoms with Crippen molar-refractivity contribution in [3.05, 3.63) is 36.4 Å². The number of fused-ring (bicyclic) bond motifs is 1. The number of aryl methyl sites for hydroxylation is 2. The summed E-state index contributed by atoms with van der Waals surface area (Å²) in [6.45, 7) is 0.455. The Morgan fingerprint density at radius 1 is 1.36 bits per heavy atom. The van der Waals surface area contributed by atoms with Gasteiger partial charge in [-0.25, -0.2) is 9.67 Å². The van der Waals surface area contributed by atoms with Crippen molar-refractivity contribution < 1.29 is 4.79 Å². The fourth-order valence-electron chi connectivity index (χ4n) is 2.74. The van der Waals surface area contributed by atoms with Gasteiger partial charge in [-0.2, -0.15) is 11.8 Å². The largest absolute Gasteiger partial charge is 0.346 e. The zero-order chi connectivity index (χ0) is 17.6. The average molecular weight is 359 g/mol. The Bertz CT molecular complexity index is 830. The maximum Gasteiger partial charge on any atom is 0.222 e. The number of nitrogens with zero attached hydrogens (tertiary/aromatic N) is 6. The fourth-order valence-corrected chi connectivity index (χ4v) is 3.21. The number of imidazole rings is 1. The van der Waals surface area contributed by atoms with Crippen molar-refractivity contribution in [1.82, 2.24) is 35.1 Å². The van der Waals surface area contributed by atoms with Crippen LogP contribution in [0.4, 0.5) is 0 Å². The summed E-state index contributed by atoms with van der Waals surface area (Å²) < 4.78 is 3.60. The molecule has 0 aliphatic rings. The number of hydrogen-bond acceptors (Lipinski definition) is 6. The van der Waals surface area contributed by atoms with Crippen molar-refractivity contribution in [3.8, 4) is 0 Å². The smallest absolute Gasteiger partial charge is 0.222 e. The van der Waals surface area contributed by atoms with Gasteiger partial charge in [0.1, 0.15) is 12.2 Å². The quantitative estimate of drug-likeness (QED) is 0.656. The van der Waals surface area contributed by atoms with E-state index in [4.69, 9.17) is 4.98 Å². The van der Waals surface area contributed by atoms with Crippen LogP contribution in [0.15, 0.2) is 30.6 Å². The van der Waals surface area contributed by atoms with E-state index < -0.39 is 0 Å². The van der Waals surface area contributed by atoms with Crippen LogP contribution in [-0.4, -0.2) is 47.7 Å². The van der Waals surface area contributed by atoms with E-state index in [-0.39, 0.29) is 11.9 Å². The molecule has 0 spiro atoms. The second-order valence-corrected chi connectivity index (χ2v) is 6.73. The summed E-state index contributed by atoms with van der Waals surface area (Å²) in [7, 11) is 1.99. The van der Waals surface area contributed by atoms with E-state index in [0.29, 0.717) is 13.0 Å². The molecule has 1 N–H and O–H groups in total. The molecule has 1 unspecified atom stereocenters. The highest BCUT2D eigenvalue weighted by Gasteiger charge is 2.20. The van der Waals surface area contributed by atoms with Gasteiger partial charge < -0.3 is 9.88 Å². The third kappa shape index (κ3) is 4.16. The molecular formula is C16H21N7OS. The molecule has 3 rings (SSSR count). The molecule has 2 heterocycles. The van der Waals surface area contributed by atoms with E-state index in [0.717, 1.165) is 29.0 Å². The van der Waals surface area contributed by atoms with E-state index >= 15 is 0 Å². The van der Waals surface area contributed by atoms with E-state index in [1.54, 1.807) is 16.4 Å². The Kier molecular flexibility index (Phi) is 5.64. The van der Waals surface area contributed by atoms with Crippen LogP contribution < -0.4 is 5.32 Å². The highest BCUT2D eigenvalue weighted by molar-refractivity contribution is 7.98. The molecule has 0 saturated heterocycles. The number of tetrazole rings is 1. The molecule has 0 saturated carbocycles. The first kappa shape index (κ1) is 17.4. The average Bonchev–Trinajstić information content (AvgIpc) is 3.25. The van der Waals surface area contributed by atoms with Gasteiger partial charge in [0.05, 0.1) is 23.6 Å². The molecule has 8 nitrogen and oxygen atoms in total. The lowest BCUT2D eigenvalue weighted by atomic mass is 10.2. The Morgan fingerprint density at radius 3 is 2.92 bits per heavy atom. The normalized spacial score (nSPS) is 12.4. The van der Waals surface area contributed by atoms with Crippen molar-refractivity contribution in [1.29, 1.82) is 0 Å². The lowest BCUT2D eigenvalue weighted by Crippen LogP contribution is -2.31. The molecule has 2 aromatic heterocycles. The van der Waals surface area contributed by atoms with Crippen LogP contribution in [-0.2, 0) is 18.4 Å². The summed E-state index contributed by atoms with van der Waals surface area (Å²) in [6, 6.07) is 7.88. The summed E-state index contributed by atoms with van der Waals surface area (Å²) in [5, 5.41) is 14.0. The Balaban J connectivity index is 1.74. The summed E-state index contributed by atoms with van der Waals surface area (Å²) in [6.07, 6.45) is 4.72. The third-order valence-corrected chi connectivity index (χ3v) is 4.68. The first-order valence-corrected chi connectivity index (χ1v) is 9.49. The predicted octanol–water partition coefficient (Wildman–Crippen LogP) is 1.56. The van der Waals surface area contributed by atoms with Crippen LogP contribution in [0.2, 0.25) is 0 Å². The number of aromatic nitrogens is 6. The minimum Gasteiger partial charge on any atom is -0.346 e. The molecule has 9 heteroatoms.